The van der Waals surface area contributed by atoms with Crippen LogP contribution in [0.2, 0.25) is 0 Å². The van der Waals surface area contributed by atoms with Gasteiger partial charge in [-0.15, -0.1) is 0 Å². The summed E-state index contributed by atoms with van der Waals surface area (Å²) in [6.45, 7) is 12.6. The summed E-state index contributed by atoms with van der Waals surface area (Å²) in [4.78, 5) is 4.76. The summed E-state index contributed by atoms with van der Waals surface area (Å²) in [5.41, 5.74) is 0. The summed E-state index contributed by atoms with van der Waals surface area (Å²) >= 11 is 0. The fraction of sp³-hybridized carbons (Fsp3) is 1.00. The van der Waals surface area contributed by atoms with Gasteiger partial charge in [0.05, 0.1) is 18.8 Å². The van der Waals surface area contributed by atoms with Crippen LogP contribution in [0.5, 0.6) is 0 Å². The second-order valence-corrected chi connectivity index (χ2v) is 8.31. The van der Waals surface area contributed by atoms with Crippen molar-refractivity contribution in [3.63, 3.8) is 0 Å². The molecule has 0 spiro atoms. The summed E-state index contributed by atoms with van der Waals surface area (Å²) in [6.07, 6.45) is 4.93. The molecule has 0 bridgehead atoms. The Morgan fingerprint density at radius 3 is 2.65 bits per heavy atom. The molecular formula is C19H38N2O2. The zero-order valence-corrected chi connectivity index (χ0v) is 15.7. The molecule has 0 amide bonds. The lowest BCUT2D eigenvalue weighted by Crippen LogP contribution is -2.40. The number of aliphatic hydroxyl groups excluding tert-OH is 1. The predicted molar refractivity (Wildman–Crippen MR) is 95.6 cm³/mol. The van der Waals surface area contributed by atoms with Crippen molar-refractivity contribution in [2.24, 2.45) is 17.8 Å². The van der Waals surface area contributed by atoms with Gasteiger partial charge < -0.3 is 14.7 Å². The normalized spacial score (nSPS) is 32.9. The van der Waals surface area contributed by atoms with Gasteiger partial charge in [-0.05, 0) is 57.2 Å². The summed E-state index contributed by atoms with van der Waals surface area (Å²) in [7, 11) is 2.18. The van der Waals surface area contributed by atoms with Gasteiger partial charge in [-0.1, -0.05) is 27.2 Å². The summed E-state index contributed by atoms with van der Waals surface area (Å²) in [6, 6.07) is 0. The van der Waals surface area contributed by atoms with E-state index in [1.165, 1.54) is 25.8 Å². The molecule has 0 aromatic carbocycles. The van der Waals surface area contributed by atoms with Crippen molar-refractivity contribution >= 4 is 0 Å². The SMILES string of the molecule is CC1CCC(C(C)C)C(OCC(O)CN2CCCN(C)CC2)C1. The molecule has 136 valence electrons. The Morgan fingerprint density at radius 1 is 1.13 bits per heavy atom. The van der Waals surface area contributed by atoms with Crippen LogP contribution in [-0.2, 0) is 4.74 Å². The minimum Gasteiger partial charge on any atom is -0.389 e. The van der Waals surface area contributed by atoms with Crippen molar-refractivity contribution < 1.29 is 9.84 Å². The lowest BCUT2D eigenvalue weighted by atomic mass is 9.75. The zero-order valence-electron chi connectivity index (χ0n) is 15.7. The van der Waals surface area contributed by atoms with E-state index in [9.17, 15) is 5.11 Å². The number of nitrogens with zero attached hydrogens (tertiary/aromatic N) is 2. The fourth-order valence-electron chi connectivity index (χ4n) is 4.17. The van der Waals surface area contributed by atoms with Gasteiger partial charge in [0.15, 0.2) is 0 Å². The molecule has 2 aliphatic rings. The Bertz CT molecular complexity index is 337. The molecule has 1 N–H and O–H groups in total. The maximum Gasteiger partial charge on any atom is 0.0900 e. The van der Waals surface area contributed by atoms with Gasteiger partial charge in [0, 0.05) is 19.6 Å². The van der Waals surface area contributed by atoms with Crippen LogP contribution in [0.4, 0.5) is 0 Å². The molecule has 1 saturated carbocycles. The van der Waals surface area contributed by atoms with E-state index in [1.807, 2.05) is 0 Å². The van der Waals surface area contributed by atoms with Gasteiger partial charge in [0.2, 0.25) is 0 Å². The topological polar surface area (TPSA) is 35.9 Å². The van der Waals surface area contributed by atoms with Crippen molar-refractivity contribution in [3.05, 3.63) is 0 Å². The Balaban J connectivity index is 1.74. The van der Waals surface area contributed by atoms with Crippen LogP contribution in [0, 0.1) is 17.8 Å². The van der Waals surface area contributed by atoms with Crippen LogP contribution < -0.4 is 0 Å². The van der Waals surface area contributed by atoms with Gasteiger partial charge in [-0.25, -0.2) is 0 Å². The number of hydrogen-bond donors (Lipinski definition) is 1. The Kier molecular flexibility index (Phi) is 7.80. The van der Waals surface area contributed by atoms with E-state index in [4.69, 9.17) is 4.74 Å². The molecule has 4 atom stereocenters. The first-order valence-corrected chi connectivity index (χ1v) is 9.66. The molecule has 1 heterocycles. The number of aliphatic hydroxyl groups is 1. The molecule has 1 saturated heterocycles. The third kappa shape index (κ3) is 6.33. The highest BCUT2D eigenvalue weighted by Gasteiger charge is 2.31. The first kappa shape index (κ1) is 19.2. The fourth-order valence-corrected chi connectivity index (χ4v) is 4.17. The summed E-state index contributed by atoms with van der Waals surface area (Å²) in [5.74, 6) is 2.09. The highest BCUT2D eigenvalue weighted by Crippen LogP contribution is 2.35. The van der Waals surface area contributed by atoms with Crippen molar-refractivity contribution in [3.8, 4) is 0 Å². The second kappa shape index (κ2) is 9.36. The van der Waals surface area contributed by atoms with Gasteiger partial charge in [-0.2, -0.15) is 0 Å². The van der Waals surface area contributed by atoms with E-state index in [2.05, 4.69) is 37.6 Å². The van der Waals surface area contributed by atoms with Crippen LogP contribution in [0.25, 0.3) is 0 Å². The predicted octanol–water partition coefficient (Wildman–Crippen LogP) is 2.46. The van der Waals surface area contributed by atoms with Crippen LogP contribution in [-0.4, -0.2) is 73.5 Å². The van der Waals surface area contributed by atoms with E-state index in [1.54, 1.807) is 0 Å². The molecule has 4 nitrogen and oxygen atoms in total. The molecular weight excluding hydrogens is 288 g/mol. The molecule has 0 aromatic heterocycles. The number of hydrogen-bond acceptors (Lipinski definition) is 4. The number of rotatable bonds is 6. The third-order valence-corrected chi connectivity index (χ3v) is 5.75. The largest absolute Gasteiger partial charge is 0.389 e. The maximum atomic E-state index is 10.4. The average molecular weight is 327 g/mol. The minimum atomic E-state index is -0.358. The van der Waals surface area contributed by atoms with E-state index >= 15 is 0 Å². The molecule has 0 radical (unpaired) electrons. The van der Waals surface area contributed by atoms with Gasteiger partial charge >= 0.3 is 0 Å². The first-order valence-electron chi connectivity index (χ1n) is 9.66. The van der Waals surface area contributed by atoms with Gasteiger partial charge in [0.1, 0.15) is 0 Å². The summed E-state index contributed by atoms with van der Waals surface area (Å²) in [5, 5.41) is 10.4. The van der Waals surface area contributed by atoms with Gasteiger partial charge in [-0.3, -0.25) is 4.90 Å². The molecule has 23 heavy (non-hydrogen) atoms. The van der Waals surface area contributed by atoms with E-state index in [0.717, 1.165) is 38.5 Å². The van der Waals surface area contributed by atoms with Crippen LogP contribution >= 0.6 is 0 Å². The molecule has 2 rings (SSSR count). The number of ether oxygens (including phenoxy) is 1. The molecule has 4 unspecified atom stereocenters. The standard InChI is InChI=1S/C19H38N2O2/c1-15(2)18-7-6-16(3)12-19(18)23-14-17(22)13-21-9-5-8-20(4)10-11-21/h15-19,22H,5-14H2,1-4H3. The number of β-amino-alcohol motifs (C(OH)–C–C–N with tert-alkyl or cyclic N) is 1. The lowest BCUT2D eigenvalue weighted by molar-refractivity contribution is -0.0737. The maximum absolute atomic E-state index is 10.4. The Labute approximate surface area is 143 Å². The third-order valence-electron chi connectivity index (χ3n) is 5.75. The summed E-state index contributed by atoms with van der Waals surface area (Å²) < 4.78 is 6.20. The first-order chi connectivity index (χ1) is 11.0. The smallest absolute Gasteiger partial charge is 0.0900 e. The lowest BCUT2D eigenvalue weighted by Gasteiger charge is -2.37. The Morgan fingerprint density at radius 2 is 1.91 bits per heavy atom. The highest BCUT2D eigenvalue weighted by molar-refractivity contribution is 4.82. The van der Waals surface area contributed by atoms with Crippen LogP contribution in [0.1, 0.15) is 46.5 Å². The van der Waals surface area contributed by atoms with E-state index in [-0.39, 0.29) is 6.10 Å². The molecule has 0 aromatic rings. The molecule has 4 heteroatoms. The molecule has 1 aliphatic heterocycles. The zero-order chi connectivity index (χ0) is 16.8. The van der Waals surface area contributed by atoms with E-state index < -0.39 is 0 Å². The van der Waals surface area contributed by atoms with Crippen molar-refractivity contribution in [2.75, 3.05) is 46.4 Å². The van der Waals surface area contributed by atoms with Crippen LogP contribution in [0.3, 0.4) is 0 Å². The van der Waals surface area contributed by atoms with E-state index in [0.29, 0.717) is 24.5 Å². The van der Waals surface area contributed by atoms with Crippen molar-refractivity contribution in [1.29, 1.82) is 0 Å². The molecule has 2 fully saturated rings. The Hall–Kier alpha value is -0.160. The van der Waals surface area contributed by atoms with Crippen molar-refractivity contribution in [2.45, 2.75) is 58.7 Å². The number of likely N-dealkylation sites (N-methyl/N-ethyl adjacent to an activating group) is 1. The highest BCUT2D eigenvalue weighted by atomic mass is 16.5. The van der Waals surface area contributed by atoms with Crippen LogP contribution in [0.15, 0.2) is 0 Å². The minimum absolute atomic E-state index is 0.337. The molecule has 1 aliphatic carbocycles. The average Bonchev–Trinajstić information content (AvgIpc) is 2.69. The van der Waals surface area contributed by atoms with Crippen molar-refractivity contribution in [1.82, 2.24) is 9.80 Å². The van der Waals surface area contributed by atoms with Gasteiger partial charge in [0.25, 0.3) is 0 Å². The quantitative estimate of drug-likeness (QED) is 0.813. The second-order valence-electron chi connectivity index (χ2n) is 8.31. The monoisotopic (exact) mass is 326 g/mol.